The van der Waals surface area contributed by atoms with Gasteiger partial charge in [0, 0.05) is 35.6 Å². The van der Waals surface area contributed by atoms with Crippen LogP contribution in [-0.4, -0.2) is 32.1 Å². The van der Waals surface area contributed by atoms with E-state index in [4.69, 9.17) is 5.10 Å². The van der Waals surface area contributed by atoms with Crippen LogP contribution in [0.25, 0.3) is 16.9 Å². The van der Waals surface area contributed by atoms with Gasteiger partial charge in [-0.3, -0.25) is 9.78 Å². The van der Waals surface area contributed by atoms with Crippen LogP contribution in [0.3, 0.4) is 0 Å². The third-order valence-electron chi connectivity index (χ3n) is 5.44. The average molecular weight is 401 g/mol. The van der Waals surface area contributed by atoms with Crippen molar-refractivity contribution in [3.05, 3.63) is 88.5 Å². The molecule has 1 amide bonds. The van der Waals surface area contributed by atoms with Gasteiger partial charge in [0.05, 0.1) is 17.3 Å². The Morgan fingerprint density at radius 1 is 1.14 bits per heavy atom. The summed E-state index contributed by atoms with van der Waals surface area (Å²) in [4.78, 5) is 21.2. The van der Waals surface area contributed by atoms with Gasteiger partial charge in [0.25, 0.3) is 5.91 Å². The molecule has 0 aliphatic carbocycles. The lowest BCUT2D eigenvalue weighted by atomic mass is 10.00. The zero-order chi connectivity index (χ0) is 19.8. The van der Waals surface area contributed by atoms with E-state index in [1.54, 1.807) is 28.4 Å². The second-order valence-electron chi connectivity index (χ2n) is 7.14. The molecule has 6 heteroatoms. The normalized spacial score (nSPS) is 15.9. The molecular weight excluding hydrogens is 380 g/mol. The molecule has 1 aromatic carbocycles. The van der Waals surface area contributed by atoms with Crippen molar-refractivity contribution in [1.82, 2.24) is 19.7 Å². The highest BCUT2D eigenvalue weighted by Gasteiger charge is 2.31. The smallest absolute Gasteiger partial charge is 0.258 e. The summed E-state index contributed by atoms with van der Waals surface area (Å²) in [7, 11) is 0. The fourth-order valence-corrected chi connectivity index (χ4v) is 4.86. The van der Waals surface area contributed by atoms with E-state index in [1.165, 1.54) is 10.4 Å². The molecule has 1 aliphatic rings. The SMILES string of the molecule is C[C@H]1c2ccsc2CCN1C(=O)c1cn(-c2ccccc2)nc1-c1cccnc1. The molecule has 0 spiro atoms. The minimum absolute atomic E-state index is 0.00961. The summed E-state index contributed by atoms with van der Waals surface area (Å²) in [5.74, 6) is 0.00961. The lowest BCUT2D eigenvalue weighted by molar-refractivity contribution is 0.0680. The highest BCUT2D eigenvalue weighted by molar-refractivity contribution is 7.10. The Kier molecular flexibility index (Phi) is 4.48. The number of rotatable bonds is 3. The molecule has 0 unspecified atom stereocenters. The fraction of sp³-hybridized carbons (Fsp3) is 0.174. The first-order valence-electron chi connectivity index (χ1n) is 9.65. The van der Waals surface area contributed by atoms with Crippen molar-refractivity contribution in [2.24, 2.45) is 0 Å². The van der Waals surface area contributed by atoms with Crippen molar-refractivity contribution >= 4 is 17.2 Å². The summed E-state index contributed by atoms with van der Waals surface area (Å²) in [6.45, 7) is 2.82. The number of carbonyl (C=O) groups excluding carboxylic acids is 1. The van der Waals surface area contributed by atoms with Gasteiger partial charge in [-0.15, -0.1) is 11.3 Å². The summed E-state index contributed by atoms with van der Waals surface area (Å²) >= 11 is 1.78. The molecule has 4 aromatic rings. The van der Waals surface area contributed by atoms with Gasteiger partial charge in [0.1, 0.15) is 5.69 Å². The lowest BCUT2D eigenvalue weighted by Gasteiger charge is -2.33. The summed E-state index contributed by atoms with van der Waals surface area (Å²) in [6.07, 6.45) is 6.23. The molecular formula is C23H20N4OS. The zero-order valence-corrected chi connectivity index (χ0v) is 16.8. The molecule has 5 rings (SSSR count). The molecule has 0 N–H and O–H groups in total. The van der Waals surface area contributed by atoms with E-state index in [9.17, 15) is 4.79 Å². The fourth-order valence-electron chi connectivity index (χ4n) is 3.90. The van der Waals surface area contributed by atoms with Crippen molar-refractivity contribution < 1.29 is 4.79 Å². The van der Waals surface area contributed by atoms with Gasteiger partial charge >= 0.3 is 0 Å². The predicted molar refractivity (Wildman–Crippen MR) is 114 cm³/mol. The third kappa shape index (κ3) is 3.15. The number of aromatic nitrogens is 3. The molecule has 0 saturated heterocycles. The predicted octanol–water partition coefficient (Wildman–Crippen LogP) is 4.76. The lowest BCUT2D eigenvalue weighted by Crippen LogP contribution is -2.38. The largest absolute Gasteiger partial charge is 0.331 e. The van der Waals surface area contributed by atoms with E-state index >= 15 is 0 Å². The Labute approximate surface area is 173 Å². The number of hydrogen-bond donors (Lipinski definition) is 0. The summed E-state index contributed by atoms with van der Waals surface area (Å²) in [5.41, 5.74) is 4.28. The monoisotopic (exact) mass is 400 g/mol. The van der Waals surface area contributed by atoms with E-state index in [-0.39, 0.29) is 11.9 Å². The van der Waals surface area contributed by atoms with E-state index in [2.05, 4.69) is 23.4 Å². The molecule has 0 radical (unpaired) electrons. The minimum atomic E-state index is 0.00961. The van der Waals surface area contributed by atoms with Crippen molar-refractivity contribution in [1.29, 1.82) is 0 Å². The van der Waals surface area contributed by atoms with Crippen molar-refractivity contribution in [3.63, 3.8) is 0 Å². The Hall–Kier alpha value is -3.25. The van der Waals surface area contributed by atoms with Crippen LogP contribution >= 0.6 is 11.3 Å². The van der Waals surface area contributed by atoms with Gasteiger partial charge < -0.3 is 4.90 Å². The molecule has 3 aromatic heterocycles. The number of carbonyl (C=O) groups is 1. The number of nitrogens with zero attached hydrogens (tertiary/aromatic N) is 4. The molecule has 0 bridgehead atoms. The second-order valence-corrected chi connectivity index (χ2v) is 8.14. The summed E-state index contributed by atoms with van der Waals surface area (Å²) in [6, 6.07) is 15.9. The third-order valence-corrected chi connectivity index (χ3v) is 6.43. The van der Waals surface area contributed by atoms with Crippen molar-refractivity contribution in [3.8, 4) is 16.9 Å². The Balaban J connectivity index is 1.58. The van der Waals surface area contributed by atoms with Gasteiger partial charge in [-0.1, -0.05) is 18.2 Å². The molecule has 0 fully saturated rings. The molecule has 1 atom stereocenters. The average Bonchev–Trinajstić information content (AvgIpc) is 3.43. The quantitative estimate of drug-likeness (QED) is 0.498. The van der Waals surface area contributed by atoms with Crippen LogP contribution in [0, 0.1) is 0 Å². The van der Waals surface area contributed by atoms with Gasteiger partial charge in [-0.2, -0.15) is 5.10 Å². The zero-order valence-electron chi connectivity index (χ0n) is 16.0. The molecule has 5 nitrogen and oxygen atoms in total. The first kappa shape index (κ1) is 17.8. The van der Waals surface area contributed by atoms with Crippen LogP contribution in [0.5, 0.6) is 0 Å². The molecule has 4 heterocycles. The van der Waals surface area contributed by atoms with Gasteiger partial charge in [0.15, 0.2) is 0 Å². The first-order chi connectivity index (χ1) is 14.2. The highest BCUT2D eigenvalue weighted by atomic mass is 32.1. The number of amides is 1. The van der Waals surface area contributed by atoms with Crippen LogP contribution in [0.15, 0.2) is 72.5 Å². The van der Waals surface area contributed by atoms with E-state index < -0.39 is 0 Å². The minimum Gasteiger partial charge on any atom is -0.331 e. The number of hydrogen-bond acceptors (Lipinski definition) is 4. The van der Waals surface area contributed by atoms with Crippen LogP contribution in [0.4, 0.5) is 0 Å². The maximum absolute atomic E-state index is 13.6. The molecule has 1 aliphatic heterocycles. The summed E-state index contributed by atoms with van der Waals surface area (Å²) in [5, 5.41) is 6.87. The van der Waals surface area contributed by atoms with E-state index in [0.29, 0.717) is 11.3 Å². The van der Waals surface area contributed by atoms with E-state index in [0.717, 1.165) is 24.2 Å². The standard InChI is InChI=1S/C23H20N4OS/c1-16-19-10-13-29-21(19)9-12-26(16)23(28)20-15-27(18-7-3-2-4-8-18)25-22(20)17-6-5-11-24-14-17/h2-8,10-11,13-16H,9,12H2,1H3/t16-/m0/s1. The topological polar surface area (TPSA) is 51.0 Å². The number of thiophene rings is 1. The van der Waals surface area contributed by atoms with Crippen LogP contribution in [0.2, 0.25) is 0 Å². The Morgan fingerprint density at radius 3 is 2.79 bits per heavy atom. The number of benzene rings is 1. The van der Waals surface area contributed by atoms with Crippen LogP contribution < -0.4 is 0 Å². The van der Waals surface area contributed by atoms with Gasteiger partial charge in [0.2, 0.25) is 0 Å². The van der Waals surface area contributed by atoms with E-state index in [1.807, 2.05) is 53.6 Å². The first-order valence-corrected chi connectivity index (χ1v) is 10.5. The number of para-hydroxylation sites is 1. The molecule has 29 heavy (non-hydrogen) atoms. The number of fused-ring (bicyclic) bond motifs is 1. The maximum Gasteiger partial charge on any atom is 0.258 e. The van der Waals surface area contributed by atoms with Crippen molar-refractivity contribution in [2.45, 2.75) is 19.4 Å². The maximum atomic E-state index is 13.6. The second kappa shape index (κ2) is 7.29. The Bertz CT molecular complexity index is 1150. The van der Waals surface area contributed by atoms with Gasteiger partial charge in [-0.05, 0) is 54.6 Å². The Morgan fingerprint density at radius 2 is 2.00 bits per heavy atom. The highest BCUT2D eigenvalue weighted by Crippen LogP contribution is 2.35. The van der Waals surface area contributed by atoms with Gasteiger partial charge in [-0.25, -0.2) is 4.68 Å². The van der Waals surface area contributed by atoms with Crippen LogP contribution in [-0.2, 0) is 6.42 Å². The number of pyridine rings is 1. The van der Waals surface area contributed by atoms with Crippen LogP contribution in [0.1, 0.15) is 33.8 Å². The molecule has 0 saturated carbocycles. The van der Waals surface area contributed by atoms with Crippen molar-refractivity contribution in [2.75, 3.05) is 6.54 Å². The molecule has 144 valence electrons. The summed E-state index contributed by atoms with van der Waals surface area (Å²) < 4.78 is 1.78.